The van der Waals surface area contributed by atoms with Gasteiger partial charge >= 0.3 is 0 Å². The normalized spacial score (nSPS) is 10.8. The van der Waals surface area contributed by atoms with E-state index in [2.05, 4.69) is 35.1 Å². The zero-order valence-electron chi connectivity index (χ0n) is 9.66. The zero-order chi connectivity index (χ0) is 12.0. The number of aliphatic hydroxyl groups excluding tert-OH is 1. The highest BCUT2D eigenvalue weighted by Gasteiger charge is 2.03. The van der Waals surface area contributed by atoms with E-state index in [1.807, 2.05) is 18.2 Å². The number of hydrogen-bond donors (Lipinski definition) is 2. The average Bonchev–Trinajstić information content (AvgIpc) is 2.25. The molecule has 0 aromatic heterocycles. The van der Waals surface area contributed by atoms with Gasteiger partial charge in [-0.1, -0.05) is 19.9 Å². The fraction of sp³-hybridized carbons (Fsp3) is 0.500. The van der Waals surface area contributed by atoms with E-state index in [-0.39, 0.29) is 6.61 Å². The number of hydrogen-bond acceptors (Lipinski definition) is 3. The molecule has 0 saturated carbocycles. The van der Waals surface area contributed by atoms with Crippen LogP contribution in [0.2, 0.25) is 0 Å². The highest BCUT2D eigenvalue weighted by atomic mass is 79.9. The Bertz CT molecular complexity index is 329. The van der Waals surface area contributed by atoms with Crippen molar-refractivity contribution < 1.29 is 9.84 Å². The van der Waals surface area contributed by atoms with Crippen molar-refractivity contribution in [3.05, 3.63) is 28.2 Å². The van der Waals surface area contributed by atoms with Gasteiger partial charge < -0.3 is 15.2 Å². The van der Waals surface area contributed by atoms with Crippen LogP contribution >= 0.6 is 15.9 Å². The van der Waals surface area contributed by atoms with Gasteiger partial charge in [0.05, 0.1) is 11.1 Å². The van der Waals surface area contributed by atoms with Gasteiger partial charge in [-0.25, -0.2) is 0 Å². The summed E-state index contributed by atoms with van der Waals surface area (Å²) in [5.41, 5.74) is 1.21. The minimum absolute atomic E-state index is 0.0308. The van der Waals surface area contributed by atoms with E-state index in [4.69, 9.17) is 9.84 Å². The smallest absolute Gasteiger partial charge is 0.133 e. The summed E-state index contributed by atoms with van der Waals surface area (Å²) < 4.78 is 6.27. The zero-order valence-corrected chi connectivity index (χ0v) is 11.3. The Morgan fingerprint density at radius 1 is 1.44 bits per heavy atom. The first-order valence-corrected chi connectivity index (χ1v) is 6.18. The lowest BCUT2D eigenvalue weighted by Crippen LogP contribution is -2.21. The van der Waals surface area contributed by atoms with Crippen molar-refractivity contribution in [3.8, 4) is 5.75 Å². The van der Waals surface area contributed by atoms with Crippen LogP contribution < -0.4 is 10.1 Å². The number of benzene rings is 1. The Morgan fingerprint density at radius 3 is 2.75 bits per heavy atom. The van der Waals surface area contributed by atoms with E-state index < -0.39 is 0 Å². The van der Waals surface area contributed by atoms with E-state index >= 15 is 0 Å². The molecule has 0 aliphatic rings. The second kappa shape index (κ2) is 6.89. The highest BCUT2D eigenvalue weighted by Crippen LogP contribution is 2.25. The van der Waals surface area contributed by atoms with Crippen LogP contribution in [-0.2, 0) is 6.54 Å². The summed E-state index contributed by atoms with van der Waals surface area (Å²) in [6.45, 7) is 5.43. The van der Waals surface area contributed by atoms with Gasteiger partial charge in [0.1, 0.15) is 12.4 Å². The van der Waals surface area contributed by atoms with Crippen molar-refractivity contribution in [1.82, 2.24) is 5.32 Å². The summed E-state index contributed by atoms with van der Waals surface area (Å²) >= 11 is 3.45. The topological polar surface area (TPSA) is 41.5 Å². The molecular formula is C12H18BrNO2. The van der Waals surface area contributed by atoms with Gasteiger partial charge in [0.15, 0.2) is 0 Å². The van der Waals surface area contributed by atoms with Gasteiger partial charge in [-0.2, -0.15) is 0 Å². The van der Waals surface area contributed by atoms with Crippen LogP contribution in [-0.4, -0.2) is 24.4 Å². The lowest BCUT2D eigenvalue weighted by Gasteiger charge is -2.11. The van der Waals surface area contributed by atoms with Crippen molar-refractivity contribution in [2.24, 2.45) is 0 Å². The molecular weight excluding hydrogens is 270 g/mol. The summed E-state index contributed by atoms with van der Waals surface area (Å²) in [6, 6.07) is 6.44. The third-order valence-corrected chi connectivity index (χ3v) is 2.68. The molecule has 0 fully saturated rings. The van der Waals surface area contributed by atoms with Gasteiger partial charge in [0.25, 0.3) is 0 Å². The quantitative estimate of drug-likeness (QED) is 0.844. The molecule has 0 atom stereocenters. The van der Waals surface area contributed by atoms with Gasteiger partial charge in [-0.15, -0.1) is 0 Å². The number of nitrogens with one attached hydrogen (secondary N) is 1. The second-order valence-electron chi connectivity index (χ2n) is 3.87. The van der Waals surface area contributed by atoms with Crippen LogP contribution in [0.15, 0.2) is 22.7 Å². The first kappa shape index (κ1) is 13.5. The van der Waals surface area contributed by atoms with Gasteiger partial charge in [-0.3, -0.25) is 0 Å². The largest absolute Gasteiger partial charge is 0.490 e. The maximum absolute atomic E-state index is 8.67. The standard InChI is InChI=1S/C12H18BrNO2/c1-9(2)14-8-10-3-4-12(11(13)7-10)16-6-5-15/h3-4,7,9,14-15H,5-6,8H2,1-2H3. The molecule has 0 amide bonds. The molecule has 4 heteroatoms. The molecule has 0 heterocycles. The van der Waals surface area contributed by atoms with E-state index in [0.29, 0.717) is 12.6 Å². The van der Waals surface area contributed by atoms with E-state index in [1.165, 1.54) is 5.56 Å². The third-order valence-electron chi connectivity index (χ3n) is 2.06. The molecule has 1 aromatic carbocycles. The molecule has 3 nitrogen and oxygen atoms in total. The maximum Gasteiger partial charge on any atom is 0.133 e. The molecule has 0 bridgehead atoms. The molecule has 16 heavy (non-hydrogen) atoms. The predicted molar refractivity (Wildman–Crippen MR) is 68.7 cm³/mol. The molecule has 1 aromatic rings. The Balaban J connectivity index is 2.59. The van der Waals surface area contributed by atoms with Gasteiger partial charge in [0.2, 0.25) is 0 Å². The summed E-state index contributed by atoms with van der Waals surface area (Å²) in [6.07, 6.45) is 0. The maximum atomic E-state index is 8.67. The summed E-state index contributed by atoms with van der Waals surface area (Å²) in [7, 11) is 0. The predicted octanol–water partition coefficient (Wildman–Crippen LogP) is 2.32. The van der Waals surface area contributed by atoms with Crippen LogP contribution in [0.1, 0.15) is 19.4 Å². The molecule has 90 valence electrons. The monoisotopic (exact) mass is 287 g/mol. The van der Waals surface area contributed by atoms with E-state index in [1.54, 1.807) is 0 Å². The van der Waals surface area contributed by atoms with Gasteiger partial charge in [-0.05, 0) is 33.6 Å². The number of aliphatic hydroxyl groups is 1. The minimum Gasteiger partial charge on any atom is -0.490 e. The number of ether oxygens (including phenoxy) is 1. The molecule has 0 aliphatic heterocycles. The van der Waals surface area contributed by atoms with Crippen LogP contribution in [0.4, 0.5) is 0 Å². The van der Waals surface area contributed by atoms with Crippen LogP contribution in [0.3, 0.4) is 0 Å². The molecule has 0 aliphatic carbocycles. The summed E-state index contributed by atoms with van der Waals surface area (Å²) in [5.74, 6) is 0.766. The van der Waals surface area contributed by atoms with E-state index in [0.717, 1.165) is 16.8 Å². The van der Waals surface area contributed by atoms with Crippen molar-refractivity contribution in [3.63, 3.8) is 0 Å². The molecule has 0 radical (unpaired) electrons. The average molecular weight is 288 g/mol. The van der Waals surface area contributed by atoms with Crippen molar-refractivity contribution in [1.29, 1.82) is 0 Å². The van der Waals surface area contributed by atoms with Crippen LogP contribution in [0.5, 0.6) is 5.75 Å². The first-order chi connectivity index (χ1) is 7.63. The number of halogens is 1. The highest BCUT2D eigenvalue weighted by molar-refractivity contribution is 9.10. The molecule has 0 unspecified atom stereocenters. The fourth-order valence-electron chi connectivity index (χ4n) is 1.25. The summed E-state index contributed by atoms with van der Waals surface area (Å²) in [5, 5.41) is 12.0. The van der Waals surface area contributed by atoms with Crippen molar-refractivity contribution in [2.75, 3.05) is 13.2 Å². The molecule has 0 spiro atoms. The third kappa shape index (κ3) is 4.51. The molecule has 0 saturated heterocycles. The Labute approximate surface area is 105 Å². The lowest BCUT2D eigenvalue weighted by molar-refractivity contribution is 0.200. The van der Waals surface area contributed by atoms with Crippen molar-refractivity contribution >= 4 is 15.9 Å². The van der Waals surface area contributed by atoms with E-state index in [9.17, 15) is 0 Å². The second-order valence-corrected chi connectivity index (χ2v) is 4.73. The molecule has 2 N–H and O–H groups in total. The van der Waals surface area contributed by atoms with Crippen molar-refractivity contribution in [2.45, 2.75) is 26.4 Å². The van der Waals surface area contributed by atoms with Crippen LogP contribution in [0, 0.1) is 0 Å². The fourth-order valence-corrected chi connectivity index (χ4v) is 1.79. The first-order valence-electron chi connectivity index (χ1n) is 5.39. The summed E-state index contributed by atoms with van der Waals surface area (Å²) in [4.78, 5) is 0. The Morgan fingerprint density at radius 2 is 2.19 bits per heavy atom. The lowest BCUT2D eigenvalue weighted by atomic mass is 10.2. The molecule has 1 rings (SSSR count). The van der Waals surface area contributed by atoms with Crippen LogP contribution in [0.25, 0.3) is 0 Å². The number of rotatable bonds is 6. The minimum atomic E-state index is 0.0308. The Kier molecular flexibility index (Phi) is 5.80. The SMILES string of the molecule is CC(C)NCc1ccc(OCCO)c(Br)c1. The Hall–Kier alpha value is -0.580. The van der Waals surface area contributed by atoms with Gasteiger partial charge in [0, 0.05) is 12.6 Å².